The summed E-state index contributed by atoms with van der Waals surface area (Å²) in [4.78, 5) is 25.9. The Bertz CT molecular complexity index is 530. The third-order valence-electron chi connectivity index (χ3n) is 3.26. The summed E-state index contributed by atoms with van der Waals surface area (Å²) < 4.78 is 1.40. The molecule has 0 aliphatic heterocycles. The fourth-order valence-electron chi connectivity index (χ4n) is 2.10. The smallest absolute Gasteiger partial charge is 0.330 e. The van der Waals surface area contributed by atoms with E-state index in [1.807, 2.05) is 13.8 Å². The van der Waals surface area contributed by atoms with Crippen LogP contribution in [0.4, 0.5) is 11.5 Å². The van der Waals surface area contributed by atoms with Gasteiger partial charge in [0, 0.05) is 12.6 Å². The normalized spacial score (nSPS) is 12.7. The molecule has 1 atom stereocenters. The lowest BCUT2D eigenvalue weighted by molar-refractivity contribution is 0.509. The number of nitrogens with zero attached hydrogens (tertiary/aromatic N) is 1. The van der Waals surface area contributed by atoms with Crippen LogP contribution in [-0.4, -0.2) is 15.6 Å². The largest absolute Gasteiger partial charge is 0.383 e. The first-order valence-electron chi connectivity index (χ1n) is 6.81. The van der Waals surface area contributed by atoms with Crippen LogP contribution in [0.1, 0.15) is 40.5 Å². The first kappa shape index (κ1) is 15.3. The summed E-state index contributed by atoms with van der Waals surface area (Å²) in [6.07, 6.45) is 1.65. The van der Waals surface area contributed by atoms with Crippen molar-refractivity contribution in [2.24, 2.45) is 5.92 Å². The van der Waals surface area contributed by atoms with Gasteiger partial charge in [0.05, 0.1) is 0 Å². The zero-order chi connectivity index (χ0) is 14.6. The van der Waals surface area contributed by atoms with Crippen molar-refractivity contribution < 1.29 is 0 Å². The van der Waals surface area contributed by atoms with Crippen molar-refractivity contribution in [3.8, 4) is 0 Å². The van der Waals surface area contributed by atoms with Gasteiger partial charge in [0.1, 0.15) is 11.5 Å². The fourth-order valence-corrected chi connectivity index (χ4v) is 2.10. The first-order valence-corrected chi connectivity index (χ1v) is 6.81. The van der Waals surface area contributed by atoms with Crippen LogP contribution in [0.3, 0.4) is 0 Å². The molecule has 0 spiro atoms. The Kier molecular flexibility index (Phi) is 5.20. The van der Waals surface area contributed by atoms with Crippen LogP contribution in [0.15, 0.2) is 9.59 Å². The Labute approximate surface area is 113 Å². The van der Waals surface area contributed by atoms with Gasteiger partial charge in [0.25, 0.3) is 5.56 Å². The summed E-state index contributed by atoms with van der Waals surface area (Å²) in [5.41, 5.74) is 5.35. The first-order chi connectivity index (χ1) is 8.92. The molecule has 0 amide bonds. The molecule has 1 rings (SSSR count). The number of hydrogen-bond donors (Lipinski definition) is 3. The molecule has 0 saturated heterocycles. The number of nitrogens with one attached hydrogen (secondary N) is 2. The Hall–Kier alpha value is -1.72. The van der Waals surface area contributed by atoms with E-state index in [-0.39, 0.29) is 11.9 Å². The number of hydrogen-bond acceptors (Lipinski definition) is 4. The molecular weight excluding hydrogens is 244 g/mol. The maximum Gasteiger partial charge on any atom is 0.330 e. The molecule has 1 heterocycles. The van der Waals surface area contributed by atoms with E-state index in [0.29, 0.717) is 18.2 Å². The van der Waals surface area contributed by atoms with E-state index in [1.165, 1.54) is 4.57 Å². The van der Waals surface area contributed by atoms with Gasteiger partial charge in [0.15, 0.2) is 0 Å². The van der Waals surface area contributed by atoms with E-state index in [9.17, 15) is 9.59 Å². The van der Waals surface area contributed by atoms with Gasteiger partial charge in [-0.25, -0.2) is 4.79 Å². The summed E-state index contributed by atoms with van der Waals surface area (Å²) in [5.74, 6) is 0.588. The fraction of sp³-hybridized carbons (Fsp3) is 0.692. The van der Waals surface area contributed by atoms with Crippen molar-refractivity contribution in [1.29, 1.82) is 0 Å². The predicted octanol–water partition coefficient (Wildman–Crippen LogP) is 1.38. The van der Waals surface area contributed by atoms with Gasteiger partial charge in [-0.15, -0.1) is 0 Å². The molecular formula is C13H24N4O2. The van der Waals surface area contributed by atoms with Gasteiger partial charge < -0.3 is 11.1 Å². The average molecular weight is 268 g/mol. The van der Waals surface area contributed by atoms with Gasteiger partial charge in [-0.3, -0.25) is 14.3 Å². The summed E-state index contributed by atoms with van der Waals surface area (Å²) >= 11 is 0. The van der Waals surface area contributed by atoms with Gasteiger partial charge in [-0.2, -0.15) is 0 Å². The third kappa shape index (κ3) is 3.39. The molecule has 1 unspecified atom stereocenters. The molecule has 108 valence electrons. The van der Waals surface area contributed by atoms with Gasteiger partial charge >= 0.3 is 5.69 Å². The molecule has 0 bridgehead atoms. The number of nitrogens with two attached hydrogens (primary N) is 1. The number of aromatic nitrogens is 2. The average Bonchev–Trinajstić information content (AvgIpc) is 2.34. The van der Waals surface area contributed by atoms with Crippen LogP contribution in [0.2, 0.25) is 0 Å². The number of rotatable bonds is 6. The molecule has 6 nitrogen and oxygen atoms in total. The van der Waals surface area contributed by atoms with Crippen LogP contribution in [0.25, 0.3) is 0 Å². The van der Waals surface area contributed by atoms with Gasteiger partial charge in [-0.05, 0) is 18.8 Å². The second kappa shape index (κ2) is 6.45. The lowest BCUT2D eigenvalue weighted by atomic mass is 10.0. The van der Waals surface area contributed by atoms with Crippen molar-refractivity contribution in [3.05, 3.63) is 20.8 Å². The van der Waals surface area contributed by atoms with Crippen LogP contribution in [-0.2, 0) is 6.54 Å². The Morgan fingerprint density at radius 1 is 1.32 bits per heavy atom. The van der Waals surface area contributed by atoms with E-state index in [1.54, 1.807) is 0 Å². The summed E-state index contributed by atoms with van der Waals surface area (Å²) in [6.45, 7) is 8.65. The van der Waals surface area contributed by atoms with Gasteiger partial charge in [-0.1, -0.05) is 27.7 Å². The van der Waals surface area contributed by atoms with E-state index < -0.39 is 11.2 Å². The van der Waals surface area contributed by atoms with Crippen molar-refractivity contribution >= 4 is 11.5 Å². The maximum atomic E-state index is 11.9. The number of nitrogen functional groups attached to an aromatic ring is 1. The Balaban J connectivity index is 3.24. The molecule has 0 aliphatic carbocycles. The van der Waals surface area contributed by atoms with E-state index in [2.05, 4.69) is 24.1 Å². The molecule has 6 heteroatoms. The second-order valence-electron chi connectivity index (χ2n) is 5.07. The highest BCUT2D eigenvalue weighted by molar-refractivity contribution is 5.60. The zero-order valence-corrected chi connectivity index (χ0v) is 12.1. The molecule has 19 heavy (non-hydrogen) atoms. The van der Waals surface area contributed by atoms with Crippen molar-refractivity contribution in [1.82, 2.24) is 9.55 Å². The van der Waals surface area contributed by atoms with Crippen LogP contribution in [0, 0.1) is 5.92 Å². The molecule has 4 N–H and O–H groups in total. The molecule has 0 saturated carbocycles. The lowest BCUT2D eigenvalue weighted by Gasteiger charge is -2.23. The molecule has 0 radical (unpaired) electrons. The van der Waals surface area contributed by atoms with Crippen LogP contribution in [0.5, 0.6) is 0 Å². The van der Waals surface area contributed by atoms with E-state index in [0.717, 1.165) is 12.8 Å². The monoisotopic (exact) mass is 268 g/mol. The Morgan fingerprint density at radius 2 is 1.95 bits per heavy atom. The van der Waals surface area contributed by atoms with Crippen molar-refractivity contribution in [2.45, 2.75) is 53.1 Å². The highest BCUT2D eigenvalue weighted by Crippen LogP contribution is 2.16. The quantitative estimate of drug-likeness (QED) is 0.726. The van der Waals surface area contributed by atoms with Crippen molar-refractivity contribution in [2.75, 3.05) is 11.1 Å². The summed E-state index contributed by atoms with van der Waals surface area (Å²) in [6, 6.07) is 0.149. The van der Waals surface area contributed by atoms with Crippen LogP contribution < -0.4 is 22.3 Å². The highest BCUT2D eigenvalue weighted by atomic mass is 16.2. The molecule has 0 fully saturated rings. The van der Waals surface area contributed by atoms with Crippen molar-refractivity contribution in [3.63, 3.8) is 0 Å². The minimum Gasteiger partial charge on any atom is -0.383 e. The minimum absolute atomic E-state index is 0.149. The molecule has 1 aromatic heterocycles. The number of aromatic amines is 1. The van der Waals surface area contributed by atoms with E-state index in [4.69, 9.17) is 5.73 Å². The van der Waals surface area contributed by atoms with E-state index >= 15 is 0 Å². The standard InChI is InChI=1S/C13H24N4O2/c1-5-7-17-11(14)10(12(18)16-13(17)19)15-9(6-2)8(3)4/h8-9,15H,5-7,14H2,1-4H3,(H,16,18,19). The molecule has 1 aromatic rings. The highest BCUT2D eigenvalue weighted by Gasteiger charge is 2.17. The number of anilines is 2. The van der Waals surface area contributed by atoms with Crippen LogP contribution >= 0.6 is 0 Å². The summed E-state index contributed by atoms with van der Waals surface area (Å²) in [7, 11) is 0. The third-order valence-corrected chi connectivity index (χ3v) is 3.26. The topological polar surface area (TPSA) is 92.9 Å². The SMILES string of the molecule is CCCn1c(N)c(NC(CC)C(C)C)c(=O)[nH]c1=O. The Morgan fingerprint density at radius 3 is 2.42 bits per heavy atom. The minimum atomic E-state index is -0.451. The lowest BCUT2D eigenvalue weighted by Crippen LogP contribution is -2.36. The second-order valence-corrected chi connectivity index (χ2v) is 5.07. The maximum absolute atomic E-state index is 11.9. The number of H-pyrrole nitrogens is 1. The predicted molar refractivity (Wildman–Crippen MR) is 78.6 cm³/mol. The zero-order valence-electron chi connectivity index (χ0n) is 12.1. The molecule has 0 aromatic carbocycles. The van der Waals surface area contributed by atoms with Gasteiger partial charge in [0.2, 0.25) is 0 Å². The summed E-state index contributed by atoms with van der Waals surface area (Å²) in [5, 5.41) is 3.16. The molecule has 0 aliphatic rings.